The molecule has 0 saturated heterocycles. The summed E-state index contributed by atoms with van der Waals surface area (Å²) in [6.07, 6.45) is 1.80. The van der Waals surface area contributed by atoms with Gasteiger partial charge in [0.1, 0.15) is 38.8 Å². The summed E-state index contributed by atoms with van der Waals surface area (Å²) in [7, 11) is 2.19. The summed E-state index contributed by atoms with van der Waals surface area (Å²) in [4.78, 5) is 9.30. The number of ether oxygens (including phenoxy) is 2. The highest BCUT2D eigenvalue weighted by molar-refractivity contribution is 6.08. The predicted molar refractivity (Wildman–Crippen MR) is 143 cm³/mol. The molecule has 8 heteroatoms. The molecule has 188 valence electrons. The molecule has 0 radical (unpaired) electrons. The Hall–Kier alpha value is -2.71. The van der Waals surface area contributed by atoms with Gasteiger partial charge in [-0.1, -0.05) is 40.1 Å². The average Bonchev–Trinajstić information content (AvgIpc) is 2.85. The lowest BCUT2D eigenvalue weighted by atomic mass is 9.80. The van der Waals surface area contributed by atoms with Gasteiger partial charge in [-0.2, -0.15) is 0 Å². The van der Waals surface area contributed by atoms with E-state index in [1.54, 1.807) is 6.07 Å². The smallest absolute Gasteiger partial charge is 0.125 e. The number of benzene rings is 1. The van der Waals surface area contributed by atoms with Crippen LogP contribution in [0.2, 0.25) is 6.32 Å². The first-order chi connectivity index (χ1) is 16.6. The van der Waals surface area contributed by atoms with E-state index in [2.05, 4.69) is 45.8 Å². The van der Waals surface area contributed by atoms with E-state index in [0.717, 1.165) is 47.4 Å². The number of pyridine rings is 2. The number of aromatic nitrogens is 2. The van der Waals surface area contributed by atoms with Gasteiger partial charge in [-0.25, -0.2) is 14.4 Å². The van der Waals surface area contributed by atoms with Crippen molar-refractivity contribution in [3.05, 3.63) is 48.7 Å². The van der Waals surface area contributed by atoms with Gasteiger partial charge in [0, 0.05) is 29.1 Å². The monoisotopic (exact) mass is 481 g/mol. The van der Waals surface area contributed by atoms with Crippen molar-refractivity contribution in [3.8, 4) is 17.0 Å². The number of rotatable bonds is 13. The first-order valence-corrected chi connectivity index (χ1v) is 12.2. The molecule has 3 rings (SSSR count). The van der Waals surface area contributed by atoms with E-state index < -0.39 is 12.8 Å². The lowest BCUT2D eigenvalue weighted by Gasteiger charge is -2.28. The van der Waals surface area contributed by atoms with E-state index in [0.29, 0.717) is 12.4 Å². The number of hydrogen-bond donors (Lipinski definition) is 2. The average molecular weight is 481 g/mol. The van der Waals surface area contributed by atoms with E-state index in [1.165, 1.54) is 0 Å². The number of nitrogens with zero attached hydrogens (tertiary/aromatic N) is 2. The van der Waals surface area contributed by atoms with Crippen LogP contribution in [0.1, 0.15) is 27.7 Å². The minimum absolute atomic E-state index is 0.0173. The molecular formula is C27H37BFN3O3. The summed E-state index contributed by atoms with van der Waals surface area (Å²) in [6.45, 7) is 10.1. The van der Waals surface area contributed by atoms with E-state index in [1.807, 2.05) is 42.6 Å². The SMILES string of the molecule is BCC(C)(C)COCC(C)(C)CNc1ccc(-c2ccc3cc(OCC(O)CF)ccc3n2)cn1. The summed E-state index contributed by atoms with van der Waals surface area (Å²) in [5.74, 6) is 1.38. The minimum atomic E-state index is -1.12. The van der Waals surface area contributed by atoms with Gasteiger partial charge in [0.15, 0.2) is 0 Å². The maximum atomic E-state index is 12.4. The van der Waals surface area contributed by atoms with Gasteiger partial charge >= 0.3 is 0 Å². The minimum Gasteiger partial charge on any atom is -0.491 e. The van der Waals surface area contributed by atoms with Crippen LogP contribution >= 0.6 is 0 Å². The van der Waals surface area contributed by atoms with Crippen LogP contribution in [0.4, 0.5) is 10.2 Å². The fourth-order valence-electron chi connectivity index (χ4n) is 3.33. The highest BCUT2D eigenvalue weighted by atomic mass is 19.1. The van der Waals surface area contributed by atoms with E-state index in [-0.39, 0.29) is 17.4 Å². The quantitative estimate of drug-likeness (QED) is 0.349. The Morgan fingerprint density at radius 2 is 1.83 bits per heavy atom. The Labute approximate surface area is 208 Å². The van der Waals surface area contributed by atoms with Crippen molar-refractivity contribution in [2.24, 2.45) is 10.8 Å². The van der Waals surface area contributed by atoms with Gasteiger partial charge in [-0.3, -0.25) is 0 Å². The molecule has 0 spiro atoms. The summed E-state index contributed by atoms with van der Waals surface area (Å²) in [5.41, 5.74) is 2.75. The van der Waals surface area contributed by atoms with Gasteiger partial charge < -0.3 is 19.9 Å². The van der Waals surface area contributed by atoms with E-state index in [9.17, 15) is 9.50 Å². The molecule has 2 heterocycles. The Morgan fingerprint density at radius 3 is 2.51 bits per heavy atom. The number of nitrogens with one attached hydrogen (secondary N) is 1. The molecule has 0 bridgehead atoms. The number of halogens is 1. The van der Waals surface area contributed by atoms with Gasteiger partial charge in [-0.05, 0) is 41.8 Å². The zero-order valence-electron chi connectivity index (χ0n) is 21.5. The van der Waals surface area contributed by atoms with Crippen molar-refractivity contribution in [1.82, 2.24) is 9.97 Å². The highest BCUT2D eigenvalue weighted by Crippen LogP contribution is 2.26. The van der Waals surface area contributed by atoms with Crippen LogP contribution in [0, 0.1) is 10.8 Å². The molecule has 6 nitrogen and oxygen atoms in total. The lowest BCUT2D eigenvalue weighted by molar-refractivity contribution is 0.0258. The third-order valence-corrected chi connectivity index (χ3v) is 6.03. The number of aliphatic hydroxyl groups is 1. The first kappa shape index (κ1) is 26.9. The fourth-order valence-corrected chi connectivity index (χ4v) is 3.33. The molecule has 0 amide bonds. The maximum Gasteiger partial charge on any atom is 0.125 e. The highest BCUT2D eigenvalue weighted by Gasteiger charge is 2.21. The van der Waals surface area contributed by atoms with Crippen molar-refractivity contribution in [1.29, 1.82) is 0 Å². The zero-order chi connectivity index (χ0) is 25.5. The molecule has 1 unspecified atom stereocenters. The second-order valence-corrected chi connectivity index (χ2v) is 10.6. The molecule has 3 aromatic rings. The Kier molecular flexibility index (Phi) is 9.08. The number of alkyl halides is 1. The summed E-state index contributed by atoms with van der Waals surface area (Å²) in [5, 5.41) is 13.6. The molecule has 0 fully saturated rings. The van der Waals surface area contributed by atoms with Crippen LogP contribution in [0.25, 0.3) is 22.2 Å². The maximum absolute atomic E-state index is 12.4. The van der Waals surface area contributed by atoms with Crippen LogP contribution in [0.5, 0.6) is 5.75 Å². The predicted octanol–water partition coefficient (Wildman–Crippen LogP) is 4.54. The molecule has 0 aliphatic rings. The molecule has 0 aliphatic heterocycles. The van der Waals surface area contributed by atoms with Gasteiger partial charge in [0.05, 0.1) is 24.4 Å². The number of anilines is 1. The molecule has 0 saturated carbocycles. The molecule has 2 N–H and O–H groups in total. The Morgan fingerprint density at radius 1 is 1.06 bits per heavy atom. The van der Waals surface area contributed by atoms with Crippen molar-refractivity contribution in [2.45, 2.75) is 40.1 Å². The largest absolute Gasteiger partial charge is 0.491 e. The Bertz CT molecular complexity index is 1090. The van der Waals surface area contributed by atoms with Crippen molar-refractivity contribution >= 4 is 24.6 Å². The van der Waals surface area contributed by atoms with Crippen LogP contribution in [-0.2, 0) is 4.74 Å². The summed E-state index contributed by atoms with van der Waals surface area (Å²) in [6, 6.07) is 13.3. The third kappa shape index (κ3) is 8.18. The van der Waals surface area contributed by atoms with Gasteiger partial charge in [-0.15, -0.1) is 0 Å². The van der Waals surface area contributed by atoms with Crippen LogP contribution in [0.15, 0.2) is 48.7 Å². The third-order valence-electron chi connectivity index (χ3n) is 6.03. The van der Waals surface area contributed by atoms with Crippen LogP contribution in [0.3, 0.4) is 0 Å². The van der Waals surface area contributed by atoms with Crippen molar-refractivity contribution in [2.75, 3.05) is 38.4 Å². The number of hydrogen-bond acceptors (Lipinski definition) is 6. The molecule has 35 heavy (non-hydrogen) atoms. The van der Waals surface area contributed by atoms with Crippen LogP contribution < -0.4 is 10.1 Å². The summed E-state index contributed by atoms with van der Waals surface area (Å²) >= 11 is 0. The molecule has 0 aliphatic carbocycles. The number of aliphatic hydroxyl groups excluding tert-OH is 1. The normalized spacial score (nSPS) is 13.1. The Balaban J connectivity index is 1.58. The van der Waals surface area contributed by atoms with E-state index >= 15 is 0 Å². The molecule has 2 aromatic heterocycles. The first-order valence-electron chi connectivity index (χ1n) is 12.2. The topological polar surface area (TPSA) is 76.5 Å². The molecular weight excluding hydrogens is 444 g/mol. The fraction of sp³-hybridized carbons (Fsp3) is 0.481. The van der Waals surface area contributed by atoms with Gasteiger partial charge in [0.2, 0.25) is 0 Å². The summed E-state index contributed by atoms with van der Waals surface area (Å²) < 4.78 is 23.8. The second-order valence-electron chi connectivity index (χ2n) is 10.6. The standard InChI is InChI=1S/C27H37BFN3O3/c1-26(2,15-28)17-34-18-27(3,4)16-31-25-10-6-20(13-30-25)24-8-5-19-11-22(7-9-23(19)32-24)35-14-21(33)12-29/h5-11,13,21,33H,12,14-18,28H2,1-4H3,(H,30,31). The van der Waals surface area contributed by atoms with Gasteiger partial charge in [0.25, 0.3) is 0 Å². The molecule has 1 atom stereocenters. The van der Waals surface area contributed by atoms with Crippen molar-refractivity contribution < 1.29 is 19.0 Å². The van der Waals surface area contributed by atoms with E-state index in [4.69, 9.17) is 14.5 Å². The van der Waals surface area contributed by atoms with Crippen molar-refractivity contribution in [3.63, 3.8) is 0 Å². The zero-order valence-corrected chi connectivity index (χ0v) is 21.5. The number of fused-ring (bicyclic) bond motifs is 1. The second kappa shape index (κ2) is 11.8. The van der Waals surface area contributed by atoms with Crippen LogP contribution in [-0.4, -0.2) is 62.1 Å². The molecule has 1 aromatic carbocycles. The lowest BCUT2D eigenvalue weighted by Crippen LogP contribution is -2.31.